The Balaban J connectivity index is 3.68. The van der Waals surface area contributed by atoms with Crippen molar-refractivity contribution < 1.29 is 14.6 Å². The van der Waals surface area contributed by atoms with E-state index in [1.165, 1.54) is 12.5 Å². The number of hydrogen-bond acceptors (Lipinski definition) is 3. The molecule has 0 bridgehead atoms. The number of esters is 1. The Morgan fingerprint density at radius 3 is 2.47 bits per heavy atom. The molecule has 0 aliphatic carbocycles. The van der Waals surface area contributed by atoms with E-state index in [9.17, 15) is 9.90 Å². The first-order valence-electron chi connectivity index (χ1n) is 5.40. The number of carbonyl (C=O) groups is 1. The molecule has 3 nitrogen and oxygen atoms in total. The van der Waals surface area contributed by atoms with Gasteiger partial charge in [0.1, 0.15) is 0 Å². The lowest BCUT2D eigenvalue weighted by Gasteiger charge is -2.15. The monoisotopic (exact) mass is 214 g/mol. The Hall–Kier alpha value is -0.830. The molecule has 0 heterocycles. The molecule has 3 heteroatoms. The third-order valence-corrected chi connectivity index (χ3v) is 2.12. The van der Waals surface area contributed by atoms with E-state index in [-0.39, 0.29) is 0 Å². The number of ether oxygens (including phenoxy) is 1. The Kier molecular flexibility index (Phi) is 7.05. The van der Waals surface area contributed by atoms with Crippen molar-refractivity contribution in [1.82, 2.24) is 0 Å². The summed E-state index contributed by atoms with van der Waals surface area (Å²) in [6, 6.07) is 0. The molecule has 0 rings (SSSR count). The first-order chi connectivity index (χ1) is 6.91. The van der Waals surface area contributed by atoms with Crippen LogP contribution in [-0.2, 0) is 9.53 Å². The average molecular weight is 214 g/mol. The van der Waals surface area contributed by atoms with Crippen molar-refractivity contribution in [3.63, 3.8) is 0 Å². The zero-order valence-electron chi connectivity index (χ0n) is 10.1. The van der Waals surface area contributed by atoms with Gasteiger partial charge < -0.3 is 9.84 Å². The second-order valence-corrected chi connectivity index (χ2v) is 4.26. The van der Waals surface area contributed by atoms with Gasteiger partial charge >= 0.3 is 5.97 Å². The largest absolute Gasteiger partial charge is 0.436 e. The summed E-state index contributed by atoms with van der Waals surface area (Å²) >= 11 is 0. The maximum absolute atomic E-state index is 10.5. The van der Waals surface area contributed by atoms with Crippen molar-refractivity contribution in [1.29, 1.82) is 0 Å². The van der Waals surface area contributed by atoms with Crippen LogP contribution >= 0.6 is 0 Å². The molecular weight excluding hydrogens is 192 g/mol. The minimum absolute atomic E-state index is 0.356. The highest BCUT2D eigenvalue weighted by atomic mass is 16.6. The van der Waals surface area contributed by atoms with Gasteiger partial charge in [-0.1, -0.05) is 18.6 Å². The Morgan fingerprint density at radius 2 is 2.00 bits per heavy atom. The van der Waals surface area contributed by atoms with Gasteiger partial charge in [0.25, 0.3) is 0 Å². The fourth-order valence-corrected chi connectivity index (χ4v) is 1.36. The van der Waals surface area contributed by atoms with E-state index in [4.69, 9.17) is 0 Å². The molecule has 15 heavy (non-hydrogen) atoms. The summed E-state index contributed by atoms with van der Waals surface area (Å²) in [4.78, 5) is 10.5. The summed E-state index contributed by atoms with van der Waals surface area (Å²) in [7, 11) is 0. The van der Waals surface area contributed by atoms with Gasteiger partial charge in [0, 0.05) is 13.3 Å². The summed E-state index contributed by atoms with van der Waals surface area (Å²) in [5.74, 6) is -0.0750. The molecule has 2 unspecified atom stereocenters. The van der Waals surface area contributed by atoms with Crippen molar-refractivity contribution >= 4 is 5.97 Å². The number of aliphatic hydroxyl groups is 1. The second-order valence-electron chi connectivity index (χ2n) is 4.26. The minimum Gasteiger partial charge on any atom is -0.436 e. The maximum Gasteiger partial charge on any atom is 0.304 e. The molecule has 0 spiro atoms. The summed E-state index contributed by atoms with van der Waals surface area (Å²) in [5.41, 5.74) is 1.31. The zero-order valence-corrected chi connectivity index (χ0v) is 10.1. The molecule has 1 N–H and O–H groups in total. The van der Waals surface area contributed by atoms with E-state index in [2.05, 4.69) is 24.7 Å². The van der Waals surface area contributed by atoms with Crippen molar-refractivity contribution in [2.45, 2.75) is 53.2 Å². The first-order valence-corrected chi connectivity index (χ1v) is 5.40. The van der Waals surface area contributed by atoms with Gasteiger partial charge in [0.15, 0.2) is 0 Å². The van der Waals surface area contributed by atoms with E-state index in [0.717, 1.165) is 12.8 Å². The van der Waals surface area contributed by atoms with Crippen LogP contribution in [0.2, 0.25) is 0 Å². The molecule has 0 aromatic heterocycles. The van der Waals surface area contributed by atoms with E-state index in [1.54, 1.807) is 0 Å². The lowest BCUT2D eigenvalue weighted by molar-refractivity contribution is -0.167. The molecule has 2 atom stereocenters. The lowest BCUT2D eigenvalue weighted by Crippen LogP contribution is -2.18. The van der Waals surface area contributed by atoms with Crippen molar-refractivity contribution in [2.24, 2.45) is 5.92 Å². The highest BCUT2D eigenvalue weighted by molar-refractivity contribution is 5.65. The zero-order chi connectivity index (χ0) is 11.8. The number of hydrogen-bond donors (Lipinski definition) is 1. The molecule has 0 fully saturated rings. The predicted molar refractivity (Wildman–Crippen MR) is 60.2 cm³/mol. The smallest absolute Gasteiger partial charge is 0.304 e. The predicted octanol–water partition coefficient (Wildman–Crippen LogP) is 2.64. The van der Waals surface area contributed by atoms with Gasteiger partial charge in [-0.15, -0.1) is 0 Å². The fraction of sp³-hybridized carbons (Fsp3) is 0.750. The van der Waals surface area contributed by atoms with Crippen molar-refractivity contribution in [2.75, 3.05) is 0 Å². The molecule has 0 radical (unpaired) electrons. The topological polar surface area (TPSA) is 46.5 Å². The van der Waals surface area contributed by atoms with Gasteiger partial charge in [0.2, 0.25) is 6.29 Å². The fourth-order valence-electron chi connectivity index (χ4n) is 1.36. The molecule has 0 saturated carbocycles. The molecule has 0 aliphatic heterocycles. The highest BCUT2D eigenvalue weighted by Crippen LogP contribution is 2.14. The van der Waals surface area contributed by atoms with E-state index in [1.807, 2.05) is 6.92 Å². The number of allylic oxidation sites excluding steroid dienone is 2. The first kappa shape index (κ1) is 14.2. The number of carbonyl (C=O) groups excluding carboxylic acids is 1. The minimum atomic E-state index is -0.954. The van der Waals surface area contributed by atoms with Gasteiger partial charge in [-0.05, 0) is 32.6 Å². The van der Waals surface area contributed by atoms with E-state index < -0.39 is 12.3 Å². The summed E-state index contributed by atoms with van der Waals surface area (Å²) in [5, 5.41) is 9.34. The summed E-state index contributed by atoms with van der Waals surface area (Å²) in [6.07, 6.45) is 3.74. The van der Waals surface area contributed by atoms with Crippen LogP contribution < -0.4 is 0 Å². The van der Waals surface area contributed by atoms with Crippen molar-refractivity contribution in [3.05, 3.63) is 11.6 Å². The number of rotatable bonds is 6. The molecule has 0 aromatic carbocycles. The Labute approximate surface area is 92.1 Å². The summed E-state index contributed by atoms with van der Waals surface area (Å²) in [6.45, 7) is 7.49. The van der Waals surface area contributed by atoms with Crippen LogP contribution in [0.15, 0.2) is 11.6 Å². The lowest BCUT2D eigenvalue weighted by atomic mass is 10.0. The van der Waals surface area contributed by atoms with Gasteiger partial charge in [0.05, 0.1) is 0 Å². The molecule has 0 aromatic rings. The quantitative estimate of drug-likeness (QED) is 0.420. The molecule has 0 aliphatic rings. The van der Waals surface area contributed by atoms with E-state index in [0.29, 0.717) is 12.3 Å². The van der Waals surface area contributed by atoms with Crippen LogP contribution in [0.5, 0.6) is 0 Å². The van der Waals surface area contributed by atoms with Crippen molar-refractivity contribution in [3.8, 4) is 0 Å². The van der Waals surface area contributed by atoms with Crippen LogP contribution in [0.25, 0.3) is 0 Å². The van der Waals surface area contributed by atoms with Crippen LogP contribution in [0.1, 0.15) is 47.0 Å². The second kappa shape index (κ2) is 7.46. The van der Waals surface area contributed by atoms with Crippen LogP contribution in [0.4, 0.5) is 0 Å². The third-order valence-electron chi connectivity index (χ3n) is 2.12. The standard InChI is InChI=1S/C12H22O3/c1-9(2)6-5-7-10(3)8-12(14)15-11(4)13/h6,10,12,14H,5,7-8H2,1-4H3. The normalized spacial score (nSPS) is 14.2. The van der Waals surface area contributed by atoms with Gasteiger partial charge in [-0.25, -0.2) is 0 Å². The summed E-state index contributed by atoms with van der Waals surface area (Å²) < 4.78 is 4.65. The van der Waals surface area contributed by atoms with Crippen LogP contribution in [-0.4, -0.2) is 17.4 Å². The van der Waals surface area contributed by atoms with E-state index >= 15 is 0 Å². The SMILES string of the molecule is CC(=O)OC(O)CC(C)CCC=C(C)C. The van der Waals surface area contributed by atoms with Crippen LogP contribution in [0, 0.1) is 5.92 Å². The Morgan fingerprint density at radius 1 is 1.40 bits per heavy atom. The molecule has 0 saturated heterocycles. The third kappa shape index (κ3) is 9.47. The highest BCUT2D eigenvalue weighted by Gasteiger charge is 2.11. The molecule has 88 valence electrons. The molecule has 0 amide bonds. The average Bonchev–Trinajstić information content (AvgIpc) is 2.00. The molecular formula is C12H22O3. The maximum atomic E-state index is 10.5. The van der Waals surface area contributed by atoms with Crippen LogP contribution in [0.3, 0.4) is 0 Å². The van der Waals surface area contributed by atoms with Gasteiger partial charge in [-0.2, -0.15) is 0 Å². The Bertz CT molecular complexity index is 217. The van der Waals surface area contributed by atoms with Gasteiger partial charge in [-0.3, -0.25) is 4.79 Å². The number of aliphatic hydroxyl groups excluding tert-OH is 1.